The van der Waals surface area contributed by atoms with E-state index in [4.69, 9.17) is 0 Å². The average Bonchev–Trinajstić information content (AvgIpc) is 2.76. The van der Waals surface area contributed by atoms with Gasteiger partial charge in [-0.3, -0.25) is 14.9 Å². The van der Waals surface area contributed by atoms with E-state index in [2.05, 4.69) is 52.7 Å². The summed E-state index contributed by atoms with van der Waals surface area (Å²) in [5.74, 6) is 1.91. The van der Waals surface area contributed by atoms with E-state index in [1.807, 2.05) is 0 Å². The Morgan fingerprint density at radius 1 is 1.39 bits per heavy atom. The van der Waals surface area contributed by atoms with E-state index in [1.165, 1.54) is 0 Å². The minimum Gasteiger partial charge on any atom is -0.296 e. The van der Waals surface area contributed by atoms with Crippen molar-refractivity contribution in [2.45, 2.75) is 52.7 Å². The van der Waals surface area contributed by atoms with Crippen molar-refractivity contribution in [1.29, 1.82) is 0 Å². The van der Waals surface area contributed by atoms with Gasteiger partial charge in [-0.25, -0.2) is 4.98 Å². The van der Waals surface area contributed by atoms with Crippen LogP contribution in [0.4, 0.5) is 0 Å². The Morgan fingerprint density at radius 2 is 2.17 bits per heavy atom. The molecule has 5 nitrogen and oxygen atoms in total. The molecule has 0 aliphatic carbocycles. The van der Waals surface area contributed by atoms with Crippen LogP contribution in [0.25, 0.3) is 0 Å². The molecule has 0 unspecified atom stereocenters. The van der Waals surface area contributed by atoms with E-state index >= 15 is 0 Å². The molecule has 102 valence electrons. The lowest BCUT2D eigenvalue weighted by molar-refractivity contribution is 0.0552. The summed E-state index contributed by atoms with van der Waals surface area (Å²) in [6, 6.07) is 1.26. The number of nitrogens with zero attached hydrogens (tertiary/aromatic N) is 4. The zero-order chi connectivity index (χ0) is 13.1. The number of H-pyrrole nitrogens is 1. The van der Waals surface area contributed by atoms with Crippen molar-refractivity contribution in [3.05, 3.63) is 11.6 Å². The number of rotatable bonds is 4. The highest BCUT2D eigenvalue weighted by atomic mass is 15.3. The van der Waals surface area contributed by atoms with Gasteiger partial charge in [0.2, 0.25) is 0 Å². The largest absolute Gasteiger partial charge is 0.296 e. The first-order valence-electron chi connectivity index (χ1n) is 6.98. The number of piperazine rings is 1. The molecule has 0 spiro atoms. The summed E-state index contributed by atoms with van der Waals surface area (Å²) in [6.07, 6.45) is 0.897. The SMILES string of the molecule is CCc1n[nH]c(CN2CCN(C(C)C)[C@@H](C)C2)n1. The van der Waals surface area contributed by atoms with Crippen LogP contribution in [0.3, 0.4) is 0 Å². The zero-order valence-electron chi connectivity index (χ0n) is 12.0. The average molecular weight is 251 g/mol. The van der Waals surface area contributed by atoms with Gasteiger partial charge in [0.1, 0.15) is 11.6 Å². The van der Waals surface area contributed by atoms with Gasteiger partial charge in [0.05, 0.1) is 6.54 Å². The highest BCUT2D eigenvalue weighted by Gasteiger charge is 2.25. The standard InChI is InChI=1S/C13H25N5/c1-5-12-14-13(16-15-12)9-17-6-7-18(10(2)3)11(4)8-17/h10-11H,5-9H2,1-4H3,(H,14,15,16)/t11-/m0/s1. The fourth-order valence-corrected chi connectivity index (χ4v) is 2.73. The second-order valence-corrected chi connectivity index (χ2v) is 5.47. The smallest absolute Gasteiger partial charge is 0.150 e. The highest BCUT2D eigenvalue weighted by molar-refractivity contribution is 4.91. The van der Waals surface area contributed by atoms with Crippen LogP contribution in [0.1, 0.15) is 39.3 Å². The molecule has 1 aliphatic heterocycles. The fraction of sp³-hybridized carbons (Fsp3) is 0.846. The molecule has 5 heteroatoms. The lowest BCUT2D eigenvalue weighted by atomic mass is 10.1. The Balaban J connectivity index is 1.88. The molecule has 1 fully saturated rings. The Kier molecular flexibility index (Phi) is 4.35. The van der Waals surface area contributed by atoms with Crippen LogP contribution in [0.5, 0.6) is 0 Å². The Hall–Kier alpha value is -0.940. The number of hydrogen-bond donors (Lipinski definition) is 1. The molecule has 1 aromatic rings. The summed E-state index contributed by atoms with van der Waals surface area (Å²) >= 11 is 0. The van der Waals surface area contributed by atoms with Gasteiger partial charge in [-0.2, -0.15) is 5.10 Å². The lowest BCUT2D eigenvalue weighted by Crippen LogP contribution is -2.53. The van der Waals surface area contributed by atoms with Crippen molar-refractivity contribution < 1.29 is 0 Å². The van der Waals surface area contributed by atoms with Gasteiger partial charge in [-0.05, 0) is 20.8 Å². The zero-order valence-corrected chi connectivity index (χ0v) is 12.0. The van der Waals surface area contributed by atoms with Crippen LogP contribution >= 0.6 is 0 Å². The number of aromatic nitrogens is 3. The third kappa shape index (κ3) is 3.09. The molecule has 2 rings (SSSR count). The van der Waals surface area contributed by atoms with Gasteiger partial charge in [-0.15, -0.1) is 0 Å². The predicted molar refractivity (Wildman–Crippen MR) is 72.3 cm³/mol. The summed E-state index contributed by atoms with van der Waals surface area (Å²) in [7, 11) is 0. The maximum absolute atomic E-state index is 4.48. The van der Waals surface area contributed by atoms with Gasteiger partial charge in [0.15, 0.2) is 0 Å². The molecule has 0 saturated carbocycles. The summed E-state index contributed by atoms with van der Waals surface area (Å²) in [4.78, 5) is 9.51. The van der Waals surface area contributed by atoms with E-state index < -0.39 is 0 Å². The second-order valence-electron chi connectivity index (χ2n) is 5.47. The summed E-state index contributed by atoms with van der Waals surface area (Å²) in [5, 5.41) is 7.23. The van der Waals surface area contributed by atoms with E-state index in [1.54, 1.807) is 0 Å². The maximum Gasteiger partial charge on any atom is 0.150 e. The molecule has 0 radical (unpaired) electrons. The molecule has 0 aromatic carbocycles. The third-order valence-electron chi connectivity index (χ3n) is 3.69. The van der Waals surface area contributed by atoms with Crippen LogP contribution in [-0.2, 0) is 13.0 Å². The topological polar surface area (TPSA) is 48.1 Å². The number of nitrogens with one attached hydrogen (secondary N) is 1. The molecule has 2 heterocycles. The first-order valence-corrected chi connectivity index (χ1v) is 6.98. The quantitative estimate of drug-likeness (QED) is 0.876. The van der Waals surface area contributed by atoms with Crippen molar-refractivity contribution in [3.8, 4) is 0 Å². The summed E-state index contributed by atoms with van der Waals surface area (Å²) in [5.41, 5.74) is 0. The Morgan fingerprint density at radius 3 is 2.72 bits per heavy atom. The van der Waals surface area contributed by atoms with Gasteiger partial charge in [0, 0.05) is 38.1 Å². The molecular weight excluding hydrogens is 226 g/mol. The number of aromatic amines is 1. The normalized spacial score (nSPS) is 22.8. The van der Waals surface area contributed by atoms with Crippen LogP contribution in [0, 0.1) is 0 Å². The molecular formula is C13H25N5. The maximum atomic E-state index is 4.48. The van der Waals surface area contributed by atoms with Crippen molar-refractivity contribution in [1.82, 2.24) is 25.0 Å². The molecule has 1 N–H and O–H groups in total. The monoisotopic (exact) mass is 251 g/mol. The van der Waals surface area contributed by atoms with Crippen LogP contribution < -0.4 is 0 Å². The molecule has 1 atom stereocenters. The van der Waals surface area contributed by atoms with Crippen molar-refractivity contribution in [3.63, 3.8) is 0 Å². The lowest BCUT2D eigenvalue weighted by Gasteiger charge is -2.41. The van der Waals surface area contributed by atoms with E-state index in [0.717, 1.165) is 44.2 Å². The van der Waals surface area contributed by atoms with E-state index in [0.29, 0.717) is 12.1 Å². The van der Waals surface area contributed by atoms with Gasteiger partial charge in [-0.1, -0.05) is 6.92 Å². The van der Waals surface area contributed by atoms with E-state index in [-0.39, 0.29) is 0 Å². The highest BCUT2D eigenvalue weighted by Crippen LogP contribution is 2.14. The molecule has 1 saturated heterocycles. The van der Waals surface area contributed by atoms with Crippen LogP contribution in [0.2, 0.25) is 0 Å². The molecule has 0 amide bonds. The van der Waals surface area contributed by atoms with Gasteiger partial charge >= 0.3 is 0 Å². The molecule has 1 aliphatic rings. The van der Waals surface area contributed by atoms with Crippen molar-refractivity contribution in [2.75, 3.05) is 19.6 Å². The first-order chi connectivity index (χ1) is 8.60. The van der Waals surface area contributed by atoms with Gasteiger partial charge < -0.3 is 0 Å². The molecule has 0 bridgehead atoms. The number of aryl methyl sites for hydroxylation is 1. The Labute approximate surface area is 110 Å². The number of hydrogen-bond acceptors (Lipinski definition) is 4. The molecule has 18 heavy (non-hydrogen) atoms. The second kappa shape index (κ2) is 5.80. The summed E-state index contributed by atoms with van der Waals surface area (Å²) < 4.78 is 0. The Bertz CT molecular complexity index is 373. The van der Waals surface area contributed by atoms with Gasteiger partial charge in [0.25, 0.3) is 0 Å². The van der Waals surface area contributed by atoms with Crippen molar-refractivity contribution in [2.24, 2.45) is 0 Å². The fourth-order valence-electron chi connectivity index (χ4n) is 2.73. The van der Waals surface area contributed by atoms with Crippen molar-refractivity contribution >= 4 is 0 Å². The summed E-state index contributed by atoms with van der Waals surface area (Å²) in [6.45, 7) is 13.2. The minimum absolute atomic E-state index is 0.618. The first kappa shape index (κ1) is 13.5. The van der Waals surface area contributed by atoms with E-state index in [9.17, 15) is 0 Å². The minimum atomic E-state index is 0.618. The van der Waals surface area contributed by atoms with Crippen LogP contribution in [-0.4, -0.2) is 56.7 Å². The third-order valence-corrected chi connectivity index (χ3v) is 3.69. The molecule has 1 aromatic heterocycles. The predicted octanol–water partition coefficient (Wildman–Crippen LogP) is 1.28. The van der Waals surface area contributed by atoms with Crippen LogP contribution in [0.15, 0.2) is 0 Å².